The van der Waals surface area contributed by atoms with E-state index in [9.17, 15) is 14.4 Å². The van der Waals surface area contributed by atoms with Crippen molar-refractivity contribution in [2.45, 2.75) is 169 Å². The molecule has 1 N–H and O–H groups in total. The van der Waals surface area contributed by atoms with E-state index in [2.05, 4.69) is 49.7 Å². The molecule has 1 heterocycles. The number of ether oxygens (including phenoxy) is 2. The van der Waals surface area contributed by atoms with Gasteiger partial charge in [-0.25, -0.2) is 0 Å². The fourth-order valence-electron chi connectivity index (χ4n) is 6.89. The summed E-state index contributed by atoms with van der Waals surface area (Å²) in [6.45, 7) is 17.6. The summed E-state index contributed by atoms with van der Waals surface area (Å²) < 4.78 is 11.8. The number of nitrogens with zero attached hydrogens (tertiary/aromatic N) is 2. The summed E-state index contributed by atoms with van der Waals surface area (Å²) in [4.78, 5) is 43.1. The highest BCUT2D eigenvalue weighted by Crippen LogP contribution is 2.23. The highest BCUT2D eigenvalue weighted by molar-refractivity contribution is 5.75. The van der Waals surface area contributed by atoms with E-state index in [-0.39, 0.29) is 29.7 Å². The molecule has 0 bridgehead atoms. The van der Waals surface area contributed by atoms with E-state index in [0.717, 1.165) is 123 Å². The molecule has 0 saturated carbocycles. The summed E-state index contributed by atoms with van der Waals surface area (Å²) in [6.07, 6.45) is 22.2. The molecule has 1 aliphatic heterocycles. The quantitative estimate of drug-likeness (QED) is 0.0556. The zero-order chi connectivity index (χ0) is 36.0. The Morgan fingerprint density at radius 1 is 0.653 bits per heavy atom. The van der Waals surface area contributed by atoms with Crippen molar-refractivity contribution in [1.82, 2.24) is 15.1 Å². The maximum absolute atomic E-state index is 13.1. The number of rotatable bonds is 32. The highest BCUT2D eigenvalue weighted by atomic mass is 16.5. The Hall–Kier alpha value is -1.67. The van der Waals surface area contributed by atoms with Crippen LogP contribution in [0.4, 0.5) is 0 Å². The van der Waals surface area contributed by atoms with Gasteiger partial charge in [0.15, 0.2) is 0 Å². The molecule has 0 aromatic carbocycles. The fraction of sp³-hybridized carbons (Fsp3) is 0.927. The third-order valence-electron chi connectivity index (χ3n) is 10.4. The molecule has 0 aromatic rings. The maximum Gasteiger partial charge on any atom is 0.308 e. The molecule has 0 radical (unpaired) electrons. The molecule has 1 rings (SSSR count). The first-order chi connectivity index (χ1) is 23.9. The summed E-state index contributed by atoms with van der Waals surface area (Å²) in [5, 5.41) is 3.00. The molecule has 8 nitrogen and oxygen atoms in total. The Kier molecular flexibility index (Phi) is 28.8. The molecule has 8 heteroatoms. The number of amides is 1. The van der Waals surface area contributed by atoms with E-state index >= 15 is 0 Å². The van der Waals surface area contributed by atoms with Crippen LogP contribution in [0.5, 0.6) is 0 Å². The number of carbonyl (C=O) groups is 3. The third-order valence-corrected chi connectivity index (χ3v) is 10.4. The lowest BCUT2D eigenvalue weighted by atomic mass is 9.92. The number of hydrogen-bond donors (Lipinski definition) is 1. The molecule has 1 saturated heterocycles. The van der Waals surface area contributed by atoms with Crippen LogP contribution in [0.2, 0.25) is 0 Å². The van der Waals surface area contributed by atoms with Crippen molar-refractivity contribution in [2.75, 3.05) is 59.0 Å². The zero-order valence-corrected chi connectivity index (χ0v) is 32.9. The molecule has 0 aliphatic carbocycles. The Labute approximate surface area is 302 Å². The third kappa shape index (κ3) is 23.4. The summed E-state index contributed by atoms with van der Waals surface area (Å²) in [5.41, 5.74) is 0. The van der Waals surface area contributed by atoms with Crippen LogP contribution in [0.1, 0.15) is 169 Å². The van der Waals surface area contributed by atoms with Gasteiger partial charge in [0, 0.05) is 39.1 Å². The van der Waals surface area contributed by atoms with Gasteiger partial charge in [0.05, 0.1) is 11.8 Å². The zero-order valence-electron chi connectivity index (χ0n) is 32.9. The minimum Gasteiger partial charge on any atom is -0.464 e. The Bertz CT molecular complexity index is 775. The van der Waals surface area contributed by atoms with Crippen LogP contribution >= 0.6 is 0 Å². The number of likely N-dealkylation sites (tertiary alicyclic amines) is 1. The van der Waals surface area contributed by atoms with E-state index in [1.807, 2.05) is 0 Å². The van der Waals surface area contributed by atoms with Crippen molar-refractivity contribution in [3.8, 4) is 0 Å². The largest absolute Gasteiger partial charge is 0.464 e. The van der Waals surface area contributed by atoms with Gasteiger partial charge in [-0.2, -0.15) is 0 Å². The topological polar surface area (TPSA) is 88.2 Å². The lowest BCUT2D eigenvalue weighted by Gasteiger charge is -2.33. The van der Waals surface area contributed by atoms with Crippen molar-refractivity contribution in [3.63, 3.8) is 0 Å². The number of hydrogen-bond acceptors (Lipinski definition) is 7. The van der Waals surface area contributed by atoms with Gasteiger partial charge in [-0.15, -0.1) is 0 Å². The number of piperidine rings is 1. The molecule has 2 unspecified atom stereocenters. The minimum atomic E-state index is -0.0383. The summed E-state index contributed by atoms with van der Waals surface area (Å²) in [5.74, 6) is 0.726. The fourth-order valence-corrected chi connectivity index (χ4v) is 6.89. The van der Waals surface area contributed by atoms with Crippen molar-refractivity contribution in [1.29, 1.82) is 0 Å². The molecule has 1 fully saturated rings. The van der Waals surface area contributed by atoms with Crippen LogP contribution in [-0.2, 0) is 23.9 Å². The molecule has 0 aromatic heterocycles. The van der Waals surface area contributed by atoms with Gasteiger partial charge in [0.25, 0.3) is 0 Å². The van der Waals surface area contributed by atoms with Gasteiger partial charge in [-0.3, -0.25) is 19.3 Å². The van der Waals surface area contributed by atoms with Crippen LogP contribution in [0.15, 0.2) is 0 Å². The molecular formula is C41H79N3O5. The lowest BCUT2D eigenvalue weighted by molar-refractivity contribution is -0.150. The van der Waals surface area contributed by atoms with Gasteiger partial charge >= 0.3 is 11.9 Å². The second-order valence-electron chi connectivity index (χ2n) is 14.7. The van der Waals surface area contributed by atoms with Crippen molar-refractivity contribution in [3.05, 3.63) is 0 Å². The molecule has 0 spiro atoms. The first-order valence-corrected chi connectivity index (χ1v) is 20.9. The van der Waals surface area contributed by atoms with Crippen molar-refractivity contribution >= 4 is 17.8 Å². The van der Waals surface area contributed by atoms with Crippen LogP contribution in [0.25, 0.3) is 0 Å². The monoisotopic (exact) mass is 694 g/mol. The van der Waals surface area contributed by atoms with Crippen LogP contribution in [-0.4, -0.2) is 86.7 Å². The Balaban J connectivity index is 2.69. The number of nitrogens with one attached hydrogen (secondary N) is 1. The standard InChI is InChI=1S/C41H79N3O5/c1-6-11-15-17-21-37(19-13-8-3)40(46)48-34-32-44(33-35-49-41(47)38(20-14-9-4)22-18-16-12-7-2)31-30-43-28-25-36(26-29-43)23-24-39(45)42-27-10-5/h36-38H,6-35H2,1-5H3,(H,42,45). The highest BCUT2D eigenvalue weighted by Gasteiger charge is 2.23. The molecule has 1 amide bonds. The van der Waals surface area contributed by atoms with E-state index in [1.165, 1.54) is 38.5 Å². The van der Waals surface area contributed by atoms with Crippen LogP contribution in [0.3, 0.4) is 0 Å². The molecule has 49 heavy (non-hydrogen) atoms. The van der Waals surface area contributed by atoms with Gasteiger partial charge < -0.3 is 19.7 Å². The number of esters is 2. The average molecular weight is 694 g/mol. The molecule has 1 aliphatic rings. The Morgan fingerprint density at radius 3 is 1.61 bits per heavy atom. The molecular weight excluding hydrogens is 614 g/mol. The Morgan fingerprint density at radius 2 is 1.14 bits per heavy atom. The average Bonchev–Trinajstić information content (AvgIpc) is 3.11. The first-order valence-electron chi connectivity index (χ1n) is 20.9. The number of carbonyl (C=O) groups excluding carboxylic acids is 3. The van der Waals surface area contributed by atoms with E-state index < -0.39 is 0 Å². The summed E-state index contributed by atoms with van der Waals surface area (Å²) >= 11 is 0. The number of unbranched alkanes of at least 4 members (excludes halogenated alkanes) is 8. The van der Waals surface area contributed by atoms with Crippen molar-refractivity contribution in [2.24, 2.45) is 17.8 Å². The normalized spacial score (nSPS) is 15.3. The SMILES string of the molecule is CCCCCCC(CCCC)C(=O)OCCN(CCOC(=O)C(CCCC)CCCCCC)CCN1CCC(CCC(=O)NCCC)CC1. The van der Waals surface area contributed by atoms with Crippen molar-refractivity contribution < 1.29 is 23.9 Å². The van der Waals surface area contributed by atoms with Gasteiger partial charge in [-0.1, -0.05) is 112 Å². The predicted molar refractivity (Wildman–Crippen MR) is 204 cm³/mol. The summed E-state index contributed by atoms with van der Waals surface area (Å²) in [6, 6.07) is 0. The van der Waals surface area contributed by atoms with Crippen LogP contribution in [0, 0.1) is 17.8 Å². The van der Waals surface area contributed by atoms with E-state index in [1.54, 1.807) is 0 Å². The van der Waals surface area contributed by atoms with Crippen LogP contribution < -0.4 is 5.32 Å². The van der Waals surface area contributed by atoms with Gasteiger partial charge in [0.1, 0.15) is 13.2 Å². The molecule has 288 valence electrons. The second-order valence-corrected chi connectivity index (χ2v) is 14.7. The smallest absolute Gasteiger partial charge is 0.308 e. The minimum absolute atomic E-state index is 0.00241. The summed E-state index contributed by atoms with van der Waals surface area (Å²) in [7, 11) is 0. The molecule has 2 atom stereocenters. The first kappa shape index (κ1) is 45.4. The lowest BCUT2D eigenvalue weighted by Crippen LogP contribution is -2.42. The maximum atomic E-state index is 13.1. The second kappa shape index (κ2) is 31.1. The van der Waals surface area contributed by atoms with Gasteiger partial charge in [0.2, 0.25) is 5.91 Å². The van der Waals surface area contributed by atoms with E-state index in [0.29, 0.717) is 38.6 Å². The van der Waals surface area contributed by atoms with E-state index in [4.69, 9.17) is 9.47 Å². The van der Waals surface area contributed by atoms with Gasteiger partial charge in [-0.05, 0) is 70.4 Å². The predicted octanol–water partition coefficient (Wildman–Crippen LogP) is 8.95.